The van der Waals surface area contributed by atoms with Crippen LogP contribution in [-0.4, -0.2) is 40.6 Å². The average Bonchev–Trinajstić information content (AvgIpc) is 2.88. The molecule has 0 radical (unpaired) electrons. The molecule has 0 atom stereocenters. The maximum atomic E-state index is 11.0. The van der Waals surface area contributed by atoms with Crippen molar-refractivity contribution in [3.05, 3.63) is 30.5 Å². The highest BCUT2D eigenvalue weighted by Crippen LogP contribution is 2.21. The fourth-order valence-corrected chi connectivity index (χ4v) is 2.78. The number of ether oxygens (including phenoxy) is 1. The lowest BCUT2D eigenvalue weighted by Gasteiger charge is -2.15. The molecule has 0 bridgehead atoms. The first-order chi connectivity index (χ1) is 10.5. The third kappa shape index (κ3) is 3.80. The van der Waals surface area contributed by atoms with Crippen LogP contribution in [0.3, 0.4) is 0 Å². The number of nitrogens with zero attached hydrogens (tertiary/aromatic N) is 3. The fourth-order valence-electron chi connectivity index (χ4n) is 2.03. The first-order valence-corrected chi connectivity index (χ1v) is 10.8. The third-order valence-corrected chi connectivity index (χ3v) is 5.03. The second-order valence-corrected chi connectivity index (χ2v) is 11.9. The molecule has 2 heterocycles. The lowest BCUT2D eigenvalue weighted by molar-refractivity contribution is -0.103. The molecule has 2 aromatic heterocycles. The number of allylic oxidation sites excluding steroid dienone is 1. The molecular weight excluding hydrogens is 298 g/mol. The molecule has 0 aromatic carbocycles. The number of hydrogen-bond acceptors (Lipinski definition) is 5. The van der Waals surface area contributed by atoms with Crippen LogP contribution in [0.2, 0.25) is 25.7 Å². The molecule has 118 valence electrons. The number of aldehydes is 1. The summed E-state index contributed by atoms with van der Waals surface area (Å²) in [6.07, 6.45) is 4.56. The van der Waals surface area contributed by atoms with E-state index in [0.29, 0.717) is 29.7 Å². The summed E-state index contributed by atoms with van der Waals surface area (Å²) in [6, 6.07) is 2.93. The van der Waals surface area contributed by atoms with Crippen LogP contribution in [0.5, 0.6) is 0 Å². The molecule has 1 N–H and O–H groups in total. The van der Waals surface area contributed by atoms with Gasteiger partial charge in [0.1, 0.15) is 18.7 Å². The van der Waals surface area contributed by atoms with E-state index in [2.05, 4.69) is 29.6 Å². The lowest BCUT2D eigenvalue weighted by atomic mass is 10.1. The highest BCUT2D eigenvalue weighted by Gasteiger charge is 2.14. The second kappa shape index (κ2) is 6.84. The van der Waals surface area contributed by atoms with Crippen LogP contribution in [0.25, 0.3) is 16.6 Å². The predicted molar refractivity (Wildman–Crippen MR) is 88.3 cm³/mol. The molecular formula is C15H21N3O3Si. The summed E-state index contributed by atoms with van der Waals surface area (Å²) in [7, 11) is -1.10. The van der Waals surface area contributed by atoms with Crippen molar-refractivity contribution in [2.45, 2.75) is 32.4 Å². The molecule has 0 saturated carbocycles. The SMILES string of the molecule is C[Si](C)(C)CCOCn1ccc2c(C(C=O)=CO)ncnc21. The van der Waals surface area contributed by atoms with Crippen LogP contribution < -0.4 is 0 Å². The molecule has 2 aromatic rings. The van der Waals surface area contributed by atoms with Gasteiger partial charge in [0.25, 0.3) is 0 Å². The number of aromatic nitrogens is 3. The van der Waals surface area contributed by atoms with Gasteiger partial charge in [-0.2, -0.15) is 0 Å². The van der Waals surface area contributed by atoms with Gasteiger partial charge in [0, 0.05) is 26.3 Å². The zero-order chi connectivity index (χ0) is 16.2. The lowest BCUT2D eigenvalue weighted by Crippen LogP contribution is -2.22. The third-order valence-electron chi connectivity index (χ3n) is 3.32. The van der Waals surface area contributed by atoms with Gasteiger partial charge in [-0.25, -0.2) is 9.97 Å². The van der Waals surface area contributed by atoms with E-state index in [4.69, 9.17) is 9.84 Å². The number of carbonyl (C=O) groups is 1. The van der Waals surface area contributed by atoms with Crippen molar-refractivity contribution in [3.8, 4) is 0 Å². The maximum absolute atomic E-state index is 11.0. The van der Waals surface area contributed by atoms with Crippen molar-refractivity contribution in [1.29, 1.82) is 0 Å². The monoisotopic (exact) mass is 319 g/mol. The summed E-state index contributed by atoms with van der Waals surface area (Å²) < 4.78 is 7.58. The Balaban J connectivity index is 2.16. The number of hydrogen-bond donors (Lipinski definition) is 1. The average molecular weight is 319 g/mol. The Bertz CT molecular complexity index is 689. The summed E-state index contributed by atoms with van der Waals surface area (Å²) in [6.45, 7) is 8.06. The molecule has 0 fully saturated rings. The highest BCUT2D eigenvalue weighted by molar-refractivity contribution is 6.76. The van der Waals surface area contributed by atoms with E-state index >= 15 is 0 Å². The standard InChI is InChI=1S/C15H21N3O3Si/c1-22(2,3)7-6-21-11-18-5-4-13-14(12(8-19)9-20)16-10-17-15(13)18/h4-5,8-10,19H,6-7,11H2,1-3H3. The number of carbonyl (C=O) groups excluding carboxylic acids is 1. The minimum atomic E-state index is -1.10. The Morgan fingerprint density at radius 1 is 1.41 bits per heavy atom. The summed E-state index contributed by atoms with van der Waals surface area (Å²) in [5.41, 5.74) is 1.23. The summed E-state index contributed by atoms with van der Waals surface area (Å²) >= 11 is 0. The van der Waals surface area contributed by atoms with Crippen LogP contribution in [-0.2, 0) is 16.3 Å². The first-order valence-electron chi connectivity index (χ1n) is 7.14. The van der Waals surface area contributed by atoms with Crippen molar-refractivity contribution in [1.82, 2.24) is 14.5 Å². The number of aliphatic hydroxyl groups excluding tert-OH is 1. The smallest absolute Gasteiger partial charge is 0.155 e. The van der Waals surface area contributed by atoms with E-state index in [1.807, 2.05) is 16.8 Å². The van der Waals surface area contributed by atoms with E-state index in [0.717, 1.165) is 18.9 Å². The Kier molecular flexibility index (Phi) is 5.10. The van der Waals surface area contributed by atoms with Gasteiger partial charge in [0.15, 0.2) is 6.29 Å². The van der Waals surface area contributed by atoms with E-state index < -0.39 is 8.07 Å². The Morgan fingerprint density at radius 3 is 2.82 bits per heavy atom. The maximum Gasteiger partial charge on any atom is 0.155 e. The van der Waals surface area contributed by atoms with Gasteiger partial charge in [0.05, 0.1) is 17.5 Å². The highest BCUT2D eigenvalue weighted by atomic mass is 28.3. The van der Waals surface area contributed by atoms with Crippen LogP contribution in [0, 0.1) is 0 Å². The molecule has 0 unspecified atom stereocenters. The van der Waals surface area contributed by atoms with Crippen molar-refractivity contribution < 1.29 is 14.6 Å². The van der Waals surface area contributed by atoms with Gasteiger partial charge in [-0.15, -0.1) is 0 Å². The van der Waals surface area contributed by atoms with Crippen LogP contribution in [0.15, 0.2) is 24.9 Å². The van der Waals surface area contributed by atoms with E-state index in [1.54, 1.807) is 0 Å². The van der Waals surface area contributed by atoms with Crippen LogP contribution in [0.1, 0.15) is 5.69 Å². The number of fused-ring (bicyclic) bond motifs is 1. The molecule has 0 saturated heterocycles. The Hall–Kier alpha value is -1.99. The minimum absolute atomic E-state index is 0.129. The Morgan fingerprint density at radius 2 is 2.18 bits per heavy atom. The minimum Gasteiger partial charge on any atom is -0.515 e. The van der Waals surface area contributed by atoms with Crippen molar-refractivity contribution in [2.24, 2.45) is 0 Å². The van der Waals surface area contributed by atoms with E-state index in [9.17, 15) is 4.79 Å². The van der Waals surface area contributed by atoms with Gasteiger partial charge in [-0.05, 0) is 12.1 Å². The van der Waals surface area contributed by atoms with Crippen LogP contribution in [0.4, 0.5) is 0 Å². The predicted octanol–water partition coefficient (Wildman–Crippen LogP) is 2.84. The van der Waals surface area contributed by atoms with Gasteiger partial charge in [-0.1, -0.05) is 19.6 Å². The first kappa shape index (κ1) is 16.4. The van der Waals surface area contributed by atoms with Gasteiger partial charge in [-0.3, -0.25) is 4.79 Å². The second-order valence-electron chi connectivity index (χ2n) is 6.30. The van der Waals surface area contributed by atoms with Crippen LogP contribution >= 0.6 is 0 Å². The fraction of sp³-hybridized carbons (Fsp3) is 0.400. The van der Waals surface area contributed by atoms with Crippen molar-refractivity contribution in [2.75, 3.05) is 6.61 Å². The molecule has 22 heavy (non-hydrogen) atoms. The molecule has 6 nitrogen and oxygen atoms in total. The number of aliphatic hydroxyl groups is 1. The number of rotatable bonds is 7. The molecule has 0 aliphatic carbocycles. The van der Waals surface area contributed by atoms with Crippen molar-refractivity contribution >= 4 is 31.0 Å². The van der Waals surface area contributed by atoms with E-state index in [1.165, 1.54) is 6.33 Å². The van der Waals surface area contributed by atoms with Gasteiger partial charge in [0.2, 0.25) is 0 Å². The molecule has 0 aliphatic heterocycles. The van der Waals surface area contributed by atoms with Gasteiger partial charge >= 0.3 is 0 Å². The normalized spacial score (nSPS) is 12.8. The summed E-state index contributed by atoms with van der Waals surface area (Å²) in [5.74, 6) is 0. The topological polar surface area (TPSA) is 77.2 Å². The molecule has 7 heteroatoms. The molecule has 0 aliphatic rings. The molecule has 0 amide bonds. The zero-order valence-electron chi connectivity index (χ0n) is 13.1. The van der Waals surface area contributed by atoms with Crippen molar-refractivity contribution in [3.63, 3.8) is 0 Å². The summed E-state index contributed by atoms with van der Waals surface area (Å²) in [5, 5.41) is 9.83. The van der Waals surface area contributed by atoms with Gasteiger partial charge < -0.3 is 14.4 Å². The summed E-state index contributed by atoms with van der Waals surface area (Å²) in [4.78, 5) is 19.3. The molecule has 0 spiro atoms. The Labute approximate surface area is 130 Å². The quantitative estimate of drug-likeness (QED) is 0.279. The zero-order valence-corrected chi connectivity index (χ0v) is 14.1. The molecule has 2 rings (SSSR count). The van der Waals surface area contributed by atoms with E-state index in [-0.39, 0.29) is 5.57 Å². The largest absolute Gasteiger partial charge is 0.515 e.